The van der Waals surface area contributed by atoms with Gasteiger partial charge in [0.15, 0.2) is 0 Å². The molecule has 1 atom stereocenters. The van der Waals surface area contributed by atoms with Gasteiger partial charge in [-0.2, -0.15) is 0 Å². The topological polar surface area (TPSA) is 73.7 Å². The third kappa shape index (κ3) is 5.27. The molecule has 0 aliphatic carbocycles. The van der Waals surface area contributed by atoms with Crippen molar-refractivity contribution in [2.45, 2.75) is 39.2 Å². The Morgan fingerprint density at radius 2 is 1.90 bits per heavy atom. The molecule has 0 aliphatic rings. The number of hydrogen-bond acceptors (Lipinski definition) is 4. The molecule has 0 radical (unpaired) electrons. The SMILES string of the molecule is CC(NC(=O)c1ccc(O)cc1C(C)(C)C)c1ccccc1N/C=N/c1cccs1. The van der Waals surface area contributed by atoms with E-state index < -0.39 is 0 Å². The smallest absolute Gasteiger partial charge is 0.252 e. The van der Waals surface area contributed by atoms with Crippen molar-refractivity contribution in [3.63, 3.8) is 0 Å². The van der Waals surface area contributed by atoms with Crippen molar-refractivity contribution in [2.24, 2.45) is 4.99 Å². The van der Waals surface area contributed by atoms with Gasteiger partial charge in [0, 0.05) is 11.3 Å². The summed E-state index contributed by atoms with van der Waals surface area (Å²) < 4.78 is 0. The van der Waals surface area contributed by atoms with E-state index in [0.717, 1.165) is 21.8 Å². The van der Waals surface area contributed by atoms with Crippen LogP contribution in [0.1, 0.15) is 55.2 Å². The van der Waals surface area contributed by atoms with Crippen molar-refractivity contribution < 1.29 is 9.90 Å². The molecule has 0 spiro atoms. The number of carbonyl (C=O) groups excluding carboxylic acids is 1. The first-order chi connectivity index (χ1) is 14.3. The first kappa shape index (κ1) is 21.6. The quantitative estimate of drug-likeness (QED) is 0.337. The van der Waals surface area contributed by atoms with E-state index in [2.05, 4.69) is 15.6 Å². The van der Waals surface area contributed by atoms with Gasteiger partial charge in [-0.15, -0.1) is 11.3 Å². The molecule has 0 bridgehead atoms. The van der Waals surface area contributed by atoms with E-state index in [4.69, 9.17) is 0 Å². The number of rotatable bonds is 6. The van der Waals surface area contributed by atoms with Gasteiger partial charge in [0.05, 0.1) is 12.4 Å². The van der Waals surface area contributed by atoms with Gasteiger partial charge in [0.1, 0.15) is 10.8 Å². The van der Waals surface area contributed by atoms with Crippen LogP contribution in [0.15, 0.2) is 65.0 Å². The minimum absolute atomic E-state index is 0.157. The lowest BCUT2D eigenvalue weighted by Crippen LogP contribution is -2.29. The molecular formula is C24H27N3O2S. The second-order valence-corrected chi connectivity index (χ2v) is 9.04. The number of phenolic OH excluding ortho intramolecular Hbond substituents is 1. The van der Waals surface area contributed by atoms with E-state index in [1.807, 2.05) is 69.5 Å². The number of aromatic hydroxyl groups is 1. The summed E-state index contributed by atoms with van der Waals surface area (Å²) in [5, 5.41) is 19.1. The summed E-state index contributed by atoms with van der Waals surface area (Å²) in [6.45, 7) is 8.02. The van der Waals surface area contributed by atoms with E-state index in [1.54, 1.807) is 35.9 Å². The number of thiophene rings is 1. The molecular weight excluding hydrogens is 394 g/mol. The zero-order valence-corrected chi connectivity index (χ0v) is 18.5. The fourth-order valence-electron chi connectivity index (χ4n) is 3.22. The molecule has 1 unspecified atom stereocenters. The van der Waals surface area contributed by atoms with Crippen LogP contribution < -0.4 is 10.6 Å². The predicted molar refractivity (Wildman–Crippen MR) is 125 cm³/mol. The van der Waals surface area contributed by atoms with Crippen molar-refractivity contribution in [1.82, 2.24) is 5.32 Å². The highest BCUT2D eigenvalue weighted by molar-refractivity contribution is 7.13. The Hall–Kier alpha value is -3.12. The molecule has 0 aliphatic heterocycles. The van der Waals surface area contributed by atoms with Gasteiger partial charge in [-0.25, -0.2) is 4.99 Å². The maximum atomic E-state index is 13.0. The second kappa shape index (κ2) is 9.13. The highest BCUT2D eigenvalue weighted by Crippen LogP contribution is 2.30. The van der Waals surface area contributed by atoms with Crippen LogP contribution in [-0.2, 0) is 5.41 Å². The molecule has 6 heteroatoms. The lowest BCUT2D eigenvalue weighted by Gasteiger charge is -2.24. The molecule has 0 fully saturated rings. The molecule has 0 saturated heterocycles. The van der Waals surface area contributed by atoms with Gasteiger partial charge in [-0.3, -0.25) is 4.79 Å². The van der Waals surface area contributed by atoms with Gasteiger partial charge in [-0.1, -0.05) is 39.0 Å². The first-order valence-electron chi connectivity index (χ1n) is 9.81. The summed E-state index contributed by atoms with van der Waals surface area (Å²) in [6.07, 6.45) is 1.66. The Morgan fingerprint density at radius 1 is 1.13 bits per heavy atom. The van der Waals surface area contributed by atoms with Crippen LogP contribution >= 0.6 is 11.3 Å². The van der Waals surface area contributed by atoms with Gasteiger partial charge in [0.2, 0.25) is 0 Å². The molecule has 1 amide bonds. The highest BCUT2D eigenvalue weighted by atomic mass is 32.1. The van der Waals surface area contributed by atoms with Crippen molar-refractivity contribution in [1.29, 1.82) is 0 Å². The molecule has 1 aromatic heterocycles. The van der Waals surface area contributed by atoms with Crippen LogP contribution in [0.2, 0.25) is 0 Å². The Labute approximate surface area is 181 Å². The number of nitrogens with one attached hydrogen (secondary N) is 2. The standard InChI is InChI=1S/C24H27N3O2S/c1-16(27-23(29)19-12-11-17(28)14-20(19)24(2,3)4)18-8-5-6-9-21(18)25-15-26-22-10-7-13-30-22/h5-16,28H,1-4H3,(H,25,26)(H,27,29). The number of carbonyl (C=O) groups is 1. The lowest BCUT2D eigenvalue weighted by atomic mass is 9.83. The first-order valence-corrected chi connectivity index (χ1v) is 10.7. The zero-order valence-electron chi connectivity index (χ0n) is 17.6. The summed E-state index contributed by atoms with van der Waals surface area (Å²) >= 11 is 1.57. The minimum atomic E-state index is -0.271. The summed E-state index contributed by atoms with van der Waals surface area (Å²) in [4.78, 5) is 17.4. The van der Waals surface area contributed by atoms with Crippen LogP contribution in [0.4, 0.5) is 10.7 Å². The molecule has 0 saturated carbocycles. The van der Waals surface area contributed by atoms with Crippen LogP contribution in [0, 0.1) is 0 Å². The number of para-hydroxylation sites is 1. The molecule has 3 aromatic rings. The lowest BCUT2D eigenvalue weighted by molar-refractivity contribution is 0.0938. The van der Waals surface area contributed by atoms with Crippen LogP contribution in [0.5, 0.6) is 5.75 Å². The van der Waals surface area contributed by atoms with Crippen molar-refractivity contribution in [3.05, 3.63) is 76.7 Å². The van der Waals surface area contributed by atoms with Crippen molar-refractivity contribution in [3.8, 4) is 5.75 Å². The zero-order chi connectivity index (χ0) is 21.7. The van der Waals surface area contributed by atoms with E-state index in [0.29, 0.717) is 5.56 Å². The minimum Gasteiger partial charge on any atom is -0.508 e. The maximum Gasteiger partial charge on any atom is 0.252 e. The highest BCUT2D eigenvalue weighted by Gasteiger charge is 2.23. The average molecular weight is 422 g/mol. The van der Waals surface area contributed by atoms with Crippen LogP contribution in [0.3, 0.4) is 0 Å². The van der Waals surface area contributed by atoms with E-state index in [1.165, 1.54) is 0 Å². The third-order valence-electron chi connectivity index (χ3n) is 4.75. The molecule has 3 N–H and O–H groups in total. The number of aliphatic imine (C=N–C) groups is 1. The van der Waals surface area contributed by atoms with Crippen LogP contribution in [0.25, 0.3) is 0 Å². The number of hydrogen-bond donors (Lipinski definition) is 3. The predicted octanol–water partition coefficient (Wildman–Crippen LogP) is 6.01. The van der Waals surface area contributed by atoms with E-state index in [-0.39, 0.29) is 23.1 Å². The monoisotopic (exact) mass is 421 g/mol. The number of amides is 1. The summed E-state index contributed by atoms with van der Waals surface area (Å²) in [6, 6.07) is 16.4. The molecule has 30 heavy (non-hydrogen) atoms. The molecule has 156 valence electrons. The average Bonchev–Trinajstić information content (AvgIpc) is 3.21. The van der Waals surface area contributed by atoms with E-state index >= 15 is 0 Å². The van der Waals surface area contributed by atoms with Gasteiger partial charge in [-0.05, 0) is 65.2 Å². The number of benzene rings is 2. The molecule has 2 aromatic carbocycles. The van der Waals surface area contributed by atoms with Crippen molar-refractivity contribution in [2.75, 3.05) is 5.32 Å². The van der Waals surface area contributed by atoms with Crippen LogP contribution in [-0.4, -0.2) is 17.4 Å². The molecule has 1 heterocycles. The maximum absolute atomic E-state index is 13.0. The molecule has 5 nitrogen and oxygen atoms in total. The van der Waals surface area contributed by atoms with E-state index in [9.17, 15) is 9.90 Å². The van der Waals surface area contributed by atoms with Gasteiger partial charge >= 0.3 is 0 Å². The normalized spacial score (nSPS) is 12.7. The Bertz CT molecular complexity index is 1040. The Morgan fingerprint density at radius 3 is 2.60 bits per heavy atom. The van der Waals surface area contributed by atoms with Gasteiger partial charge in [0.25, 0.3) is 5.91 Å². The fraction of sp³-hybridized carbons (Fsp3) is 0.250. The Balaban J connectivity index is 1.78. The number of nitrogens with zero attached hydrogens (tertiary/aromatic N) is 1. The number of anilines is 1. The largest absolute Gasteiger partial charge is 0.508 e. The Kier molecular flexibility index (Phi) is 6.57. The summed E-state index contributed by atoms with van der Waals surface area (Å²) in [7, 11) is 0. The summed E-state index contributed by atoms with van der Waals surface area (Å²) in [5.74, 6) is -0.0152. The van der Waals surface area contributed by atoms with Gasteiger partial charge < -0.3 is 15.7 Å². The third-order valence-corrected chi connectivity index (χ3v) is 5.52. The fourth-order valence-corrected chi connectivity index (χ4v) is 3.78. The second-order valence-electron chi connectivity index (χ2n) is 8.12. The number of phenols is 1. The molecule has 3 rings (SSSR count). The summed E-state index contributed by atoms with van der Waals surface area (Å²) in [5.41, 5.74) is 2.94. The van der Waals surface area contributed by atoms with Crippen molar-refractivity contribution >= 4 is 34.3 Å².